The minimum absolute atomic E-state index is 0.0490. The van der Waals surface area contributed by atoms with Gasteiger partial charge in [0.05, 0.1) is 5.25 Å². The number of rotatable bonds is 5. The topological polar surface area (TPSA) is 58.2 Å². The van der Waals surface area contributed by atoms with Crippen LogP contribution in [0, 0.1) is 0 Å². The molecular formula is C9H18N2O2S. The highest BCUT2D eigenvalue weighted by Gasteiger charge is 2.08. The van der Waals surface area contributed by atoms with Gasteiger partial charge in [-0.2, -0.15) is 12.6 Å². The van der Waals surface area contributed by atoms with Crippen molar-refractivity contribution in [1.82, 2.24) is 10.6 Å². The van der Waals surface area contributed by atoms with Gasteiger partial charge in [0.25, 0.3) is 0 Å². The molecule has 0 bridgehead atoms. The first-order chi connectivity index (χ1) is 6.43. The van der Waals surface area contributed by atoms with Crippen molar-refractivity contribution in [2.45, 2.75) is 38.5 Å². The van der Waals surface area contributed by atoms with Gasteiger partial charge in [0.2, 0.25) is 11.8 Å². The minimum Gasteiger partial charge on any atom is -0.355 e. The molecule has 0 aliphatic rings. The van der Waals surface area contributed by atoms with Gasteiger partial charge in [0.15, 0.2) is 0 Å². The smallest absolute Gasteiger partial charge is 0.232 e. The van der Waals surface area contributed by atoms with Crippen molar-refractivity contribution in [2.75, 3.05) is 6.54 Å². The number of nitrogens with one attached hydrogen (secondary N) is 2. The van der Waals surface area contributed by atoms with E-state index in [-0.39, 0.29) is 23.1 Å². The highest BCUT2D eigenvalue weighted by molar-refractivity contribution is 7.81. The van der Waals surface area contributed by atoms with Crippen LogP contribution in [0.5, 0.6) is 0 Å². The zero-order chi connectivity index (χ0) is 11.1. The van der Waals surface area contributed by atoms with Gasteiger partial charge in [-0.3, -0.25) is 9.59 Å². The molecule has 4 nitrogen and oxygen atoms in total. The number of carbonyl (C=O) groups excluding carboxylic acids is 2. The number of amides is 2. The molecule has 14 heavy (non-hydrogen) atoms. The second kappa shape index (κ2) is 6.70. The fraction of sp³-hybridized carbons (Fsp3) is 0.778. The average molecular weight is 218 g/mol. The SMILES string of the molecule is CC(C)NC(=O)CCNC(=O)C(C)S. The Bertz CT molecular complexity index is 205. The average Bonchev–Trinajstić information content (AvgIpc) is 2.02. The zero-order valence-corrected chi connectivity index (χ0v) is 9.73. The molecule has 1 unspecified atom stereocenters. The Morgan fingerprint density at radius 1 is 1.29 bits per heavy atom. The van der Waals surface area contributed by atoms with E-state index < -0.39 is 0 Å². The van der Waals surface area contributed by atoms with Crippen LogP contribution in [0.2, 0.25) is 0 Å². The second-order valence-electron chi connectivity index (χ2n) is 3.44. The van der Waals surface area contributed by atoms with E-state index in [0.717, 1.165) is 0 Å². The first-order valence-corrected chi connectivity index (χ1v) is 5.20. The largest absolute Gasteiger partial charge is 0.355 e. The van der Waals surface area contributed by atoms with Crippen LogP contribution in [0.25, 0.3) is 0 Å². The summed E-state index contributed by atoms with van der Waals surface area (Å²) < 4.78 is 0. The molecule has 0 aliphatic heterocycles. The maximum atomic E-state index is 11.1. The van der Waals surface area contributed by atoms with E-state index in [9.17, 15) is 9.59 Å². The van der Waals surface area contributed by atoms with Crippen molar-refractivity contribution in [3.63, 3.8) is 0 Å². The van der Waals surface area contributed by atoms with Crippen LogP contribution < -0.4 is 10.6 Å². The molecule has 5 heteroatoms. The molecule has 1 atom stereocenters. The first kappa shape index (κ1) is 13.3. The Morgan fingerprint density at radius 2 is 1.86 bits per heavy atom. The van der Waals surface area contributed by atoms with Crippen LogP contribution in [-0.4, -0.2) is 29.7 Å². The van der Waals surface area contributed by atoms with Crippen molar-refractivity contribution in [1.29, 1.82) is 0 Å². The van der Waals surface area contributed by atoms with E-state index >= 15 is 0 Å². The third-order valence-electron chi connectivity index (χ3n) is 1.48. The Morgan fingerprint density at radius 3 is 2.29 bits per heavy atom. The normalized spacial score (nSPS) is 12.4. The molecule has 0 radical (unpaired) electrons. The van der Waals surface area contributed by atoms with Crippen LogP contribution >= 0.6 is 12.6 Å². The van der Waals surface area contributed by atoms with Gasteiger partial charge in [0, 0.05) is 19.0 Å². The molecule has 0 saturated carbocycles. The quantitative estimate of drug-likeness (QED) is 0.583. The summed E-state index contributed by atoms with van der Waals surface area (Å²) in [6, 6.07) is 0.141. The molecule has 0 fully saturated rings. The lowest BCUT2D eigenvalue weighted by molar-refractivity contribution is -0.122. The summed E-state index contributed by atoms with van der Waals surface area (Å²) in [5, 5.41) is 5.02. The predicted molar refractivity (Wildman–Crippen MR) is 59.4 cm³/mol. The lowest BCUT2D eigenvalue weighted by atomic mass is 10.3. The van der Waals surface area contributed by atoms with Crippen LogP contribution in [0.3, 0.4) is 0 Å². The molecule has 0 aromatic carbocycles. The third-order valence-corrected chi connectivity index (χ3v) is 1.71. The van der Waals surface area contributed by atoms with Crippen LogP contribution in [0.1, 0.15) is 27.2 Å². The van der Waals surface area contributed by atoms with Crippen molar-refractivity contribution in [3.05, 3.63) is 0 Å². The molecular weight excluding hydrogens is 200 g/mol. The molecule has 0 heterocycles. The van der Waals surface area contributed by atoms with Crippen molar-refractivity contribution >= 4 is 24.4 Å². The van der Waals surface area contributed by atoms with Crippen LogP contribution in [0.15, 0.2) is 0 Å². The van der Waals surface area contributed by atoms with Crippen LogP contribution in [0.4, 0.5) is 0 Å². The van der Waals surface area contributed by atoms with Gasteiger partial charge in [0.1, 0.15) is 0 Å². The van der Waals surface area contributed by atoms with Gasteiger partial charge in [-0.05, 0) is 20.8 Å². The molecule has 0 saturated heterocycles. The van der Waals surface area contributed by atoms with Gasteiger partial charge in [-0.15, -0.1) is 0 Å². The molecule has 0 aromatic rings. The summed E-state index contributed by atoms with van der Waals surface area (Å²) >= 11 is 3.96. The fourth-order valence-electron chi connectivity index (χ4n) is 0.841. The Labute approximate surface area is 90.2 Å². The molecule has 0 spiro atoms. The predicted octanol–water partition coefficient (Wildman–Crippen LogP) is 0.336. The van der Waals surface area contributed by atoms with Gasteiger partial charge >= 0.3 is 0 Å². The van der Waals surface area contributed by atoms with E-state index in [0.29, 0.717) is 13.0 Å². The monoisotopic (exact) mass is 218 g/mol. The summed E-state index contributed by atoms with van der Waals surface area (Å²) in [5.41, 5.74) is 0. The minimum atomic E-state index is -0.330. The van der Waals surface area contributed by atoms with Gasteiger partial charge < -0.3 is 10.6 Å². The summed E-state index contributed by atoms with van der Waals surface area (Å²) in [4.78, 5) is 22.2. The molecule has 82 valence electrons. The summed E-state index contributed by atoms with van der Waals surface area (Å²) in [7, 11) is 0. The molecule has 0 aromatic heterocycles. The third kappa shape index (κ3) is 6.77. The summed E-state index contributed by atoms with van der Waals surface area (Å²) in [5.74, 6) is -0.196. The molecule has 2 amide bonds. The van der Waals surface area contributed by atoms with Gasteiger partial charge in [-0.25, -0.2) is 0 Å². The highest BCUT2D eigenvalue weighted by atomic mass is 32.1. The highest BCUT2D eigenvalue weighted by Crippen LogP contribution is 1.91. The maximum Gasteiger partial charge on any atom is 0.232 e. The lowest BCUT2D eigenvalue weighted by Gasteiger charge is -2.09. The summed E-state index contributed by atoms with van der Waals surface area (Å²) in [6.07, 6.45) is 0.310. The number of carbonyl (C=O) groups is 2. The van der Waals surface area contributed by atoms with E-state index in [1.54, 1.807) is 6.92 Å². The number of hydrogen-bond donors (Lipinski definition) is 3. The van der Waals surface area contributed by atoms with Crippen molar-refractivity contribution in [2.24, 2.45) is 0 Å². The first-order valence-electron chi connectivity index (χ1n) is 4.68. The molecule has 0 aliphatic carbocycles. The van der Waals surface area contributed by atoms with E-state index in [1.165, 1.54) is 0 Å². The van der Waals surface area contributed by atoms with Gasteiger partial charge in [-0.1, -0.05) is 0 Å². The zero-order valence-electron chi connectivity index (χ0n) is 8.83. The standard InChI is InChI=1S/C9H18N2O2S/c1-6(2)11-8(12)4-5-10-9(13)7(3)14/h6-7,14H,4-5H2,1-3H3,(H,10,13)(H,11,12). The lowest BCUT2D eigenvalue weighted by Crippen LogP contribution is -2.35. The summed E-state index contributed by atoms with van der Waals surface area (Å²) in [6.45, 7) is 5.84. The molecule has 2 N–H and O–H groups in total. The Hall–Kier alpha value is -0.710. The van der Waals surface area contributed by atoms with E-state index in [1.807, 2.05) is 13.8 Å². The molecule has 0 rings (SSSR count). The second-order valence-corrected chi connectivity index (χ2v) is 4.21. The van der Waals surface area contributed by atoms with E-state index in [4.69, 9.17) is 0 Å². The van der Waals surface area contributed by atoms with Crippen LogP contribution in [-0.2, 0) is 9.59 Å². The Balaban J connectivity index is 3.54. The van der Waals surface area contributed by atoms with E-state index in [2.05, 4.69) is 23.3 Å². The number of hydrogen-bond acceptors (Lipinski definition) is 3. The van der Waals surface area contributed by atoms with Crippen molar-refractivity contribution in [3.8, 4) is 0 Å². The fourth-order valence-corrected chi connectivity index (χ4v) is 0.932. The Kier molecular flexibility index (Phi) is 6.36. The number of thiol groups is 1. The van der Waals surface area contributed by atoms with Crippen molar-refractivity contribution < 1.29 is 9.59 Å². The maximum absolute atomic E-state index is 11.1.